The van der Waals surface area contributed by atoms with E-state index in [4.69, 9.17) is 4.52 Å². The van der Waals surface area contributed by atoms with E-state index in [9.17, 15) is 0 Å². The van der Waals surface area contributed by atoms with Crippen LogP contribution in [0.4, 0.5) is 0 Å². The third-order valence-electron chi connectivity index (χ3n) is 5.94. The van der Waals surface area contributed by atoms with Crippen LogP contribution < -0.4 is 0 Å². The third-order valence-corrected chi connectivity index (χ3v) is 5.94. The number of hydrogen-bond acceptors (Lipinski definition) is 3. The predicted molar refractivity (Wildman–Crippen MR) is 113 cm³/mol. The highest BCUT2D eigenvalue weighted by Gasteiger charge is 2.25. The van der Waals surface area contributed by atoms with Gasteiger partial charge in [0.25, 0.3) is 0 Å². The van der Waals surface area contributed by atoms with Crippen molar-refractivity contribution in [1.82, 2.24) is 14.6 Å². The molecule has 4 heteroatoms. The van der Waals surface area contributed by atoms with Gasteiger partial charge in [-0.3, -0.25) is 0 Å². The Labute approximate surface area is 165 Å². The second kappa shape index (κ2) is 6.35. The second-order valence-corrected chi connectivity index (χ2v) is 7.99. The molecule has 2 aromatic carbocycles. The Hall–Kier alpha value is -2.85. The monoisotopic (exact) mass is 371 g/mol. The van der Waals surface area contributed by atoms with E-state index >= 15 is 0 Å². The lowest BCUT2D eigenvalue weighted by Gasteiger charge is -2.25. The molecule has 4 aromatic rings. The molecule has 2 aromatic heterocycles. The second-order valence-electron chi connectivity index (χ2n) is 7.99. The number of hydrogen-bond donors (Lipinski definition) is 0. The molecule has 28 heavy (non-hydrogen) atoms. The Balaban J connectivity index is 1.85. The van der Waals surface area contributed by atoms with Gasteiger partial charge < -0.3 is 14.0 Å². The highest BCUT2D eigenvalue weighted by molar-refractivity contribution is 5.90. The van der Waals surface area contributed by atoms with Crippen molar-refractivity contribution in [3.05, 3.63) is 70.7 Å². The quantitative estimate of drug-likeness (QED) is 0.486. The van der Waals surface area contributed by atoms with Gasteiger partial charge in [-0.05, 0) is 51.6 Å². The van der Waals surface area contributed by atoms with Crippen LogP contribution in [0.15, 0.2) is 47.0 Å². The zero-order chi connectivity index (χ0) is 19.4. The zero-order valence-corrected chi connectivity index (χ0v) is 16.9. The number of likely N-dealkylation sites (N-methyl/N-ethyl adjacent to an activating group) is 1. The van der Waals surface area contributed by atoms with Gasteiger partial charge in [-0.25, -0.2) is 0 Å². The smallest absolute Gasteiger partial charge is 0.141 e. The van der Waals surface area contributed by atoms with Gasteiger partial charge in [0, 0.05) is 41.7 Å². The van der Waals surface area contributed by atoms with E-state index in [1.54, 1.807) is 0 Å². The van der Waals surface area contributed by atoms with Crippen molar-refractivity contribution in [2.75, 3.05) is 13.6 Å². The average molecular weight is 371 g/mol. The van der Waals surface area contributed by atoms with E-state index in [0.717, 1.165) is 36.5 Å². The SMILES string of the molecule is Cc1ccc2c(c1)c1c(n2-c2ccccc2-c2c(C)noc2C)CCN(C)C1. The summed E-state index contributed by atoms with van der Waals surface area (Å²) in [5.74, 6) is 0.867. The van der Waals surface area contributed by atoms with Crippen LogP contribution in [-0.4, -0.2) is 28.2 Å². The summed E-state index contributed by atoms with van der Waals surface area (Å²) in [7, 11) is 2.21. The van der Waals surface area contributed by atoms with Gasteiger partial charge >= 0.3 is 0 Å². The molecule has 0 atom stereocenters. The molecule has 0 aliphatic carbocycles. The van der Waals surface area contributed by atoms with Gasteiger partial charge in [0.1, 0.15) is 5.76 Å². The molecule has 0 amide bonds. The molecule has 0 saturated heterocycles. The first-order valence-corrected chi connectivity index (χ1v) is 9.88. The van der Waals surface area contributed by atoms with E-state index in [1.165, 1.54) is 39.0 Å². The molecule has 0 saturated carbocycles. The van der Waals surface area contributed by atoms with Gasteiger partial charge in [0.2, 0.25) is 0 Å². The lowest BCUT2D eigenvalue weighted by atomic mass is 10.0. The Morgan fingerprint density at radius 3 is 2.64 bits per heavy atom. The van der Waals surface area contributed by atoms with E-state index in [-0.39, 0.29) is 0 Å². The number of fused-ring (bicyclic) bond motifs is 3. The van der Waals surface area contributed by atoms with Crippen molar-refractivity contribution < 1.29 is 4.52 Å². The molecular formula is C24H25N3O. The Bertz CT molecular complexity index is 1180. The van der Waals surface area contributed by atoms with Crippen molar-refractivity contribution in [2.45, 2.75) is 33.7 Å². The minimum absolute atomic E-state index is 0.867. The first kappa shape index (κ1) is 17.3. The number of rotatable bonds is 2. The summed E-state index contributed by atoms with van der Waals surface area (Å²) in [5, 5.41) is 5.57. The average Bonchev–Trinajstić information content (AvgIpc) is 3.18. The summed E-state index contributed by atoms with van der Waals surface area (Å²) in [6, 6.07) is 15.4. The van der Waals surface area contributed by atoms with Crippen LogP contribution in [0.3, 0.4) is 0 Å². The number of nitrogens with zero attached hydrogens (tertiary/aromatic N) is 3. The van der Waals surface area contributed by atoms with Crippen molar-refractivity contribution >= 4 is 10.9 Å². The summed E-state index contributed by atoms with van der Waals surface area (Å²) in [6.45, 7) is 8.26. The minimum atomic E-state index is 0.867. The standard InChI is InChI=1S/C24H25N3O/c1-15-9-10-22-19(13-15)20-14-26(4)12-11-23(20)27(22)21-8-6-5-7-18(21)24-16(2)25-28-17(24)3/h5-10,13H,11-12,14H2,1-4H3. The van der Waals surface area contributed by atoms with Crippen molar-refractivity contribution in [3.63, 3.8) is 0 Å². The van der Waals surface area contributed by atoms with Crippen LogP contribution >= 0.6 is 0 Å². The largest absolute Gasteiger partial charge is 0.361 e. The Morgan fingerprint density at radius 2 is 1.86 bits per heavy atom. The first-order valence-electron chi connectivity index (χ1n) is 9.88. The molecule has 1 aliphatic rings. The van der Waals surface area contributed by atoms with Gasteiger partial charge in [-0.2, -0.15) is 0 Å². The molecule has 1 aliphatic heterocycles. The van der Waals surface area contributed by atoms with Gasteiger partial charge in [-0.1, -0.05) is 35.0 Å². The van der Waals surface area contributed by atoms with Crippen molar-refractivity contribution in [3.8, 4) is 16.8 Å². The van der Waals surface area contributed by atoms with Crippen LogP contribution in [0.1, 0.15) is 28.3 Å². The fourth-order valence-electron chi connectivity index (χ4n) is 4.63. The number of aromatic nitrogens is 2. The highest BCUT2D eigenvalue weighted by Crippen LogP contribution is 2.38. The third kappa shape index (κ3) is 2.52. The fraction of sp³-hybridized carbons (Fsp3) is 0.292. The number of para-hydroxylation sites is 1. The van der Waals surface area contributed by atoms with Gasteiger partial charge in [0.15, 0.2) is 0 Å². The summed E-state index contributed by atoms with van der Waals surface area (Å²) >= 11 is 0. The van der Waals surface area contributed by atoms with Crippen molar-refractivity contribution in [1.29, 1.82) is 0 Å². The minimum Gasteiger partial charge on any atom is -0.361 e. The van der Waals surface area contributed by atoms with Crippen molar-refractivity contribution in [2.24, 2.45) is 0 Å². The topological polar surface area (TPSA) is 34.2 Å². The Morgan fingerprint density at radius 1 is 1.04 bits per heavy atom. The highest BCUT2D eigenvalue weighted by atomic mass is 16.5. The molecule has 0 radical (unpaired) electrons. The summed E-state index contributed by atoms with van der Waals surface area (Å²) in [5.41, 5.74) is 9.90. The van der Waals surface area contributed by atoms with Gasteiger partial charge in [-0.15, -0.1) is 0 Å². The van der Waals surface area contributed by atoms with Crippen LogP contribution in [0.2, 0.25) is 0 Å². The molecule has 0 bridgehead atoms. The molecular weight excluding hydrogens is 346 g/mol. The molecule has 0 spiro atoms. The number of benzene rings is 2. The molecule has 0 fully saturated rings. The predicted octanol–water partition coefficient (Wildman–Crippen LogP) is 5.20. The molecule has 142 valence electrons. The van der Waals surface area contributed by atoms with Crippen LogP contribution in [0, 0.1) is 20.8 Å². The van der Waals surface area contributed by atoms with Crippen LogP contribution in [0.5, 0.6) is 0 Å². The first-order chi connectivity index (χ1) is 13.5. The van der Waals surface area contributed by atoms with E-state index in [2.05, 4.69) is 71.1 Å². The molecule has 0 unspecified atom stereocenters. The maximum absolute atomic E-state index is 5.49. The van der Waals surface area contributed by atoms with Crippen LogP contribution in [0.25, 0.3) is 27.7 Å². The van der Waals surface area contributed by atoms with E-state index in [0.29, 0.717) is 0 Å². The summed E-state index contributed by atoms with van der Waals surface area (Å²) < 4.78 is 7.96. The maximum Gasteiger partial charge on any atom is 0.141 e. The number of aryl methyl sites for hydroxylation is 3. The van der Waals surface area contributed by atoms with Crippen LogP contribution in [-0.2, 0) is 13.0 Å². The lowest BCUT2D eigenvalue weighted by molar-refractivity contribution is 0.311. The summed E-state index contributed by atoms with van der Waals surface area (Å²) in [6.07, 6.45) is 1.05. The molecule has 5 rings (SSSR count). The molecule has 4 nitrogen and oxygen atoms in total. The van der Waals surface area contributed by atoms with Gasteiger partial charge in [0.05, 0.1) is 16.9 Å². The zero-order valence-electron chi connectivity index (χ0n) is 16.9. The lowest BCUT2D eigenvalue weighted by Crippen LogP contribution is -2.27. The molecule has 0 N–H and O–H groups in total. The van der Waals surface area contributed by atoms with E-state index in [1.807, 2.05) is 13.8 Å². The Kier molecular flexibility index (Phi) is 3.91. The fourth-order valence-corrected chi connectivity index (χ4v) is 4.63. The normalized spacial score (nSPS) is 14.6. The maximum atomic E-state index is 5.49. The molecule has 3 heterocycles. The summed E-state index contributed by atoms with van der Waals surface area (Å²) in [4.78, 5) is 2.41. The van der Waals surface area contributed by atoms with E-state index < -0.39 is 0 Å².